The predicted molar refractivity (Wildman–Crippen MR) is 64.4 cm³/mol. The Labute approximate surface area is 114 Å². The number of hydrogen-bond donors (Lipinski definition) is 1. The zero-order valence-corrected chi connectivity index (χ0v) is 10.6. The number of piperidine rings is 1. The van der Waals surface area contributed by atoms with Crippen molar-refractivity contribution in [1.82, 2.24) is 4.90 Å². The maximum absolute atomic E-state index is 12.9. The van der Waals surface area contributed by atoms with Crippen LogP contribution in [0.5, 0.6) is 0 Å². The molecule has 3 nitrogen and oxygen atoms in total. The van der Waals surface area contributed by atoms with Gasteiger partial charge in [-0.2, -0.15) is 13.2 Å². The number of aliphatic hydroxyl groups excluding tert-OH is 1. The summed E-state index contributed by atoms with van der Waals surface area (Å²) in [4.78, 5) is 13.5. The molecule has 1 aliphatic carbocycles. The summed E-state index contributed by atoms with van der Waals surface area (Å²) in [6.07, 6.45) is -4.41. The minimum atomic E-state index is -4.41. The molecule has 108 valence electrons. The van der Waals surface area contributed by atoms with Gasteiger partial charge in [0.05, 0.1) is 5.56 Å². The lowest BCUT2D eigenvalue weighted by molar-refractivity contribution is -0.139. The van der Waals surface area contributed by atoms with Crippen molar-refractivity contribution in [2.24, 2.45) is 17.8 Å². The molecule has 1 saturated heterocycles. The van der Waals surface area contributed by atoms with Crippen LogP contribution < -0.4 is 0 Å². The van der Waals surface area contributed by atoms with Crippen molar-refractivity contribution in [2.75, 3.05) is 13.2 Å². The zero-order valence-electron chi connectivity index (χ0n) is 10.6. The number of rotatable bonds is 3. The monoisotopic (exact) mass is 285 g/mol. The van der Waals surface area contributed by atoms with Gasteiger partial charge in [0.15, 0.2) is 0 Å². The van der Waals surface area contributed by atoms with E-state index in [-0.39, 0.29) is 42.4 Å². The summed E-state index contributed by atoms with van der Waals surface area (Å²) >= 11 is 0. The molecule has 2 aliphatic rings. The molecule has 1 saturated carbocycles. The van der Waals surface area contributed by atoms with Gasteiger partial charge in [0.1, 0.15) is 0 Å². The van der Waals surface area contributed by atoms with Gasteiger partial charge in [-0.05, 0) is 23.5 Å². The van der Waals surface area contributed by atoms with E-state index in [9.17, 15) is 18.0 Å². The molecule has 0 aromatic heterocycles. The Bertz CT molecular complexity index is 543. The van der Waals surface area contributed by atoms with Crippen molar-refractivity contribution in [3.05, 3.63) is 35.4 Å². The van der Waals surface area contributed by atoms with Gasteiger partial charge < -0.3 is 10.0 Å². The average molecular weight is 285 g/mol. The molecule has 1 aromatic rings. The number of amides is 1. The Hall–Kier alpha value is -1.56. The molecular weight excluding hydrogens is 271 g/mol. The number of likely N-dealkylation sites (tertiary alicyclic amines) is 1. The maximum atomic E-state index is 12.9. The summed E-state index contributed by atoms with van der Waals surface area (Å²) in [6.45, 7) is 0.411. The third-order valence-corrected chi connectivity index (χ3v) is 4.25. The van der Waals surface area contributed by atoms with E-state index in [0.717, 1.165) is 6.07 Å². The molecule has 0 radical (unpaired) electrons. The number of carbonyl (C=O) groups excluding carboxylic acids is 1. The van der Waals surface area contributed by atoms with Crippen LogP contribution in [-0.4, -0.2) is 29.1 Å². The topological polar surface area (TPSA) is 40.5 Å². The van der Waals surface area contributed by atoms with Crippen LogP contribution in [0.4, 0.5) is 13.2 Å². The van der Waals surface area contributed by atoms with E-state index in [0.29, 0.717) is 6.54 Å². The van der Waals surface area contributed by atoms with E-state index < -0.39 is 11.7 Å². The number of aliphatic hydroxyl groups is 1. The highest BCUT2D eigenvalue weighted by atomic mass is 19.4. The fraction of sp³-hybridized carbons (Fsp3) is 0.500. The van der Waals surface area contributed by atoms with Crippen LogP contribution in [0.1, 0.15) is 11.1 Å². The molecule has 0 spiro atoms. The molecule has 1 aromatic carbocycles. The highest BCUT2D eigenvalue weighted by Gasteiger charge is 2.60. The highest BCUT2D eigenvalue weighted by Crippen LogP contribution is 2.52. The van der Waals surface area contributed by atoms with Crippen LogP contribution in [0.2, 0.25) is 0 Å². The van der Waals surface area contributed by atoms with Crippen LogP contribution in [-0.2, 0) is 17.5 Å². The number of halogens is 3. The van der Waals surface area contributed by atoms with Crippen LogP contribution in [0.3, 0.4) is 0 Å². The van der Waals surface area contributed by atoms with Crippen molar-refractivity contribution in [3.8, 4) is 0 Å². The van der Waals surface area contributed by atoms with E-state index in [4.69, 9.17) is 5.11 Å². The van der Waals surface area contributed by atoms with Crippen LogP contribution in [0.15, 0.2) is 24.3 Å². The smallest absolute Gasteiger partial charge is 0.396 e. The molecule has 3 unspecified atom stereocenters. The second-order valence-corrected chi connectivity index (χ2v) is 5.41. The van der Waals surface area contributed by atoms with E-state index in [1.54, 1.807) is 6.07 Å². The molecule has 6 heteroatoms. The molecular formula is C14H14F3NO2. The zero-order chi connectivity index (χ0) is 14.5. The lowest BCUT2D eigenvalue weighted by Gasteiger charge is -2.22. The van der Waals surface area contributed by atoms with Crippen molar-refractivity contribution in [3.63, 3.8) is 0 Å². The van der Waals surface area contributed by atoms with Crippen molar-refractivity contribution in [1.29, 1.82) is 0 Å². The molecule has 1 heterocycles. The van der Waals surface area contributed by atoms with Gasteiger partial charge in [0.2, 0.25) is 5.91 Å². The van der Waals surface area contributed by atoms with Gasteiger partial charge in [-0.15, -0.1) is 0 Å². The maximum Gasteiger partial charge on any atom is 0.416 e. The number of fused-ring (bicyclic) bond motifs is 1. The molecule has 1 aliphatic heterocycles. The first-order chi connectivity index (χ1) is 9.43. The number of nitrogens with zero attached hydrogens (tertiary/aromatic N) is 1. The van der Waals surface area contributed by atoms with Crippen LogP contribution in [0, 0.1) is 17.8 Å². The highest BCUT2D eigenvalue weighted by molar-refractivity contribution is 5.85. The SMILES string of the molecule is O=C1C2C(CO)C2CN1Cc1ccccc1C(F)(F)F. The fourth-order valence-corrected chi connectivity index (χ4v) is 3.15. The third kappa shape index (κ3) is 2.08. The van der Waals surface area contributed by atoms with Crippen LogP contribution >= 0.6 is 0 Å². The molecule has 0 bridgehead atoms. The quantitative estimate of drug-likeness (QED) is 0.921. The molecule has 2 fully saturated rings. The first-order valence-electron chi connectivity index (χ1n) is 6.48. The summed E-state index contributed by atoms with van der Waals surface area (Å²) in [5.41, 5.74) is -0.567. The fourth-order valence-electron chi connectivity index (χ4n) is 3.15. The Balaban J connectivity index is 1.76. The van der Waals surface area contributed by atoms with Crippen molar-refractivity contribution >= 4 is 5.91 Å². The van der Waals surface area contributed by atoms with Crippen molar-refractivity contribution in [2.45, 2.75) is 12.7 Å². The molecule has 1 N–H and O–H groups in total. The first-order valence-corrected chi connectivity index (χ1v) is 6.48. The van der Waals surface area contributed by atoms with Gasteiger partial charge in [0, 0.05) is 25.6 Å². The number of carbonyl (C=O) groups is 1. The second kappa shape index (κ2) is 4.48. The summed E-state index contributed by atoms with van der Waals surface area (Å²) in [7, 11) is 0. The summed E-state index contributed by atoms with van der Waals surface area (Å²) in [6, 6.07) is 5.33. The third-order valence-electron chi connectivity index (χ3n) is 4.25. The molecule has 1 amide bonds. The molecule has 3 atom stereocenters. The lowest BCUT2D eigenvalue weighted by Crippen LogP contribution is -2.31. The van der Waals surface area contributed by atoms with E-state index >= 15 is 0 Å². The first kappa shape index (κ1) is 13.4. The molecule has 3 rings (SSSR count). The van der Waals surface area contributed by atoms with Gasteiger partial charge in [-0.3, -0.25) is 4.79 Å². The van der Waals surface area contributed by atoms with E-state index in [2.05, 4.69) is 0 Å². The largest absolute Gasteiger partial charge is 0.416 e. The van der Waals surface area contributed by atoms with E-state index in [1.165, 1.54) is 17.0 Å². The molecule has 20 heavy (non-hydrogen) atoms. The van der Waals surface area contributed by atoms with Gasteiger partial charge >= 0.3 is 6.18 Å². The minimum absolute atomic E-state index is 0.0107. The predicted octanol–water partition coefficient (Wildman–Crippen LogP) is 1.90. The lowest BCUT2D eigenvalue weighted by atomic mass is 10.1. The van der Waals surface area contributed by atoms with Crippen LogP contribution in [0.25, 0.3) is 0 Å². The van der Waals surface area contributed by atoms with E-state index in [1.807, 2.05) is 0 Å². The van der Waals surface area contributed by atoms with Crippen molar-refractivity contribution < 1.29 is 23.1 Å². The second-order valence-electron chi connectivity index (χ2n) is 5.41. The summed E-state index contributed by atoms with van der Waals surface area (Å²) < 4.78 is 38.7. The summed E-state index contributed by atoms with van der Waals surface area (Å²) in [5.74, 6) is -0.189. The Morgan fingerprint density at radius 1 is 1.30 bits per heavy atom. The Kier molecular flexibility index (Phi) is 3.01. The number of hydrogen-bond acceptors (Lipinski definition) is 2. The van der Waals surface area contributed by atoms with Gasteiger partial charge in [-0.1, -0.05) is 18.2 Å². The number of alkyl halides is 3. The summed E-state index contributed by atoms with van der Waals surface area (Å²) in [5, 5.41) is 9.04. The normalized spacial score (nSPS) is 28.7. The standard InChI is InChI=1S/C14H14F3NO2/c15-14(16,17)11-4-2-1-3-8(11)5-18-6-9-10(7-19)12(9)13(18)20/h1-4,9-10,12,19H,5-7H2. The van der Waals surface area contributed by atoms with Gasteiger partial charge in [0.25, 0.3) is 0 Å². The Morgan fingerprint density at radius 3 is 2.55 bits per heavy atom. The Morgan fingerprint density at radius 2 is 2.00 bits per heavy atom. The number of benzene rings is 1. The van der Waals surface area contributed by atoms with Gasteiger partial charge in [-0.25, -0.2) is 0 Å². The average Bonchev–Trinajstić information content (AvgIpc) is 3.00. The minimum Gasteiger partial charge on any atom is -0.396 e.